The maximum Gasteiger partial charge on any atom is 0.307 e. The molecule has 3 heteroatoms. The summed E-state index contributed by atoms with van der Waals surface area (Å²) < 4.78 is 5.11. The van der Waals surface area contributed by atoms with Crippen LogP contribution in [-0.4, -0.2) is 5.97 Å². The zero-order chi connectivity index (χ0) is 11.8. The van der Waals surface area contributed by atoms with Crippen molar-refractivity contribution in [1.82, 2.24) is 0 Å². The van der Waals surface area contributed by atoms with Crippen molar-refractivity contribution in [1.29, 1.82) is 0 Å². The maximum atomic E-state index is 11.4. The van der Waals surface area contributed by atoms with Crippen molar-refractivity contribution < 1.29 is 9.53 Å². The van der Waals surface area contributed by atoms with Crippen molar-refractivity contribution in [3.05, 3.63) is 35.9 Å². The molecule has 0 saturated carbocycles. The van der Waals surface area contributed by atoms with Gasteiger partial charge in [0.1, 0.15) is 0 Å². The standard InChI is InChI=1S/C13H17ClO2/c1-2-3-5-10-12(15)16-13(14)11-8-6-4-7-9-11/h4,6-9,13H,2-3,5,10H2,1H3. The highest BCUT2D eigenvalue weighted by Crippen LogP contribution is 2.22. The lowest BCUT2D eigenvalue weighted by Crippen LogP contribution is -2.06. The monoisotopic (exact) mass is 240 g/mol. The summed E-state index contributed by atoms with van der Waals surface area (Å²) in [6.45, 7) is 2.10. The number of ether oxygens (including phenoxy) is 1. The number of hydrogen-bond acceptors (Lipinski definition) is 2. The van der Waals surface area contributed by atoms with E-state index in [2.05, 4.69) is 6.92 Å². The number of rotatable bonds is 6. The SMILES string of the molecule is CCCCCC(=O)OC(Cl)c1ccccc1. The van der Waals surface area contributed by atoms with E-state index in [1.54, 1.807) is 0 Å². The zero-order valence-electron chi connectivity index (χ0n) is 9.49. The van der Waals surface area contributed by atoms with E-state index in [-0.39, 0.29) is 5.97 Å². The Balaban J connectivity index is 2.34. The van der Waals surface area contributed by atoms with E-state index in [9.17, 15) is 4.79 Å². The van der Waals surface area contributed by atoms with E-state index in [1.165, 1.54) is 0 Å². The Hall–Kier alpha value is -1.02. The summed E-state index contributed by atoms with van der Waals surface area (Å²) >= 11 is 5.97. The van der Waals surface area contributed by atoms with Gasteiger partial charge in [-0.3, -0.25) is 4.79 Å². The van der Waals surface area contributed by atoms with Crippen molar-refractivity contribution >= 4 is 17.6 Å². The third-order valence-electron chi connectivity index (χ3n) is 2.28. The first kappa shape index (κ1) is 13.0. The molecule has 0 spiro atoms. The molecule has 0 heterocycles. The minimum absolute atomic E-state index is 0.225. The number of halogens is 1. The Kier molecular flexibility index (Phi) is 5.94. The molecule has 0 aliphatic heterocycles. The lowest BCUT2D eigenvalue weighted by atomic mass is 10.2. The molecule has 0 saturated heterocycles. The van der Waals surface area contributed by atoms with Crippen molar-refractivity contribution in [3.8, 4) is 0 Å². The van der Waals surface area contributed by atoms with Crippen LogP contribution in [0.1, 0.15) is 43.7 Å². The van der Waals surface area contributed by atoms with Gasteiger partial charge in [-0.2, -0.15) is 0 Å². The summed E-state index contributed by atoms with van der Waals surface area (Å²) in [5, 5.41) is 0. The van der Waals surface area contributed by atoms with Crippen LogP contribution in [0.4, 0.5) is 0 Å². The average Bonchev–Trinajstić information content (AvgIpc) is 2.30. The third-order valence-corrected chi connectivity index (χ3v) is 2.62. The topological polar surface area (TPSA) is 26.3 Å². The normalized spacial score (nSPS) is 12.1. The Morgan fingerprint density at radius 3 is 2.62 bits per heavy atom. The second-order valence-electron chi connectivity index (χ2n) is 3.67. The van der Waals surface area contributed by atoms with Gasteiger partial charge in [0, 0.05) is 12.0 Å². The summed E-state index contributed by atoms with van der Waals surface area (Å²) in [6.07, 6.45) is 3.46. The van der Waals surface area contributed by atoms with Crippen LogP contribution in [0, 0.1) is 0 Å². The quantitative estimate of drug-likeness (QED) is 0.426. The fraction of sp³-hybridized carbons (Fsp3) is 0.462. The molecule has 0 fully saturated rings. The predicted molar refractivity (Wildman–Crippen MR) is 65.3 cm³/mol. The fourth-order valence-corrected chi connectivity index (χ4v) is 1.61. The van der Waals surface area contributed by atoms with Crippen LogP contribution in [0.15, 0.2) is 30.3 Å². The van der Waals surface area contributed by atoms with Gasteiger partial charge in [0.25, 0.3) is 0 Å². The molecule has 0 radical (unpaired) electrons. The number of carbonyl (C=O) groups is 1. The fourth-order valence-electron chi connectivity index (χ4n) is 1.37. The smallest absolute Gasteiger partial charge is 0.307 e. The van der Waals surface area contributed by atoms with E-state index in [1.807, 2.05) is 30.3 Å². The first-order chi connectivity index (χ1) is 7.74. The number of benzene rings is 1. The highest BCUT2D eigenvalue weighted by molar-refractivity contribution is 6.20. The molecular weight excluding hydrogens is 224 g/mol. The molecule has 16 heavy (non-hydrogen) atoms. The largest absolute Gasteiger partial charge is 0.441 e. The zero-order valence-corrected chi connectivity index (χ0v) is 10.2. The van der Waals surface area contributed by atoms with Gasteiger partial charge in [0.15, 0.2) is 0 Å². The number of unbranched alkanes of at least 4 members (excludes halogenated alkanes) is 2. The average molecular weight is 241 g/mol. The van der Waals surface area contributed by atoms with E-state index in [0.29, 0.717) is 6.42 Å². The van der Waals surface area contributed by atoms with Crippen LogP contribution in [0.3, 0.4) is 0 Å². The molecule has 0 aliphatic carbocycles. The molecule has 1 aromatic rings. The van der Waals surface area contributed by atoms with Crippen LogP contribution in [0.2, 0.25) is 0 Å². The molecule has 2 nitrogen and oxygen atoms in total. The summed E-state index contributed by atoms with van der Waals surface area (Å²) in [6, 6.07) is 9.33. The minimum Gasteiger partial charge on any atom is -0.441 e. The minimum atomic E-state index is -0.671. The van der Waals surface area contributed by atoms with Gasteiger partial charge in [-0.15, -0.1) is 0 Å². The molecule has 0 aromatic heterocycles. The van der Waals surface area contributed by atoms with Crippen molar-refractivity contribution in [2.75, 3.05) is 0 Å². The highest BCUT2D eigenvalue weighted by Gasteiger charge is 2.12. The van der Waals surface area contributed by atoms with E-state index < -0.39 is 5.56 Å². The molecule has 0 N–H and O–H groups in total. The van der Waals surface area contributed by atoms with Crippen LogP contribution < -0.4 is 0 Å². The molecule has 88 valence electrons. The lowest BCUT2D eigenvalue weighted by Gasteiger charge is -2.11. The number of esters is 1. The van der Waals surface area contributed by atoms with E-state index in [4.69, 9.17) is 16.3 Å². The van der Waals surface area contributed by atoms with Gasteiger partial charge in [-0.05, 0) is 6.42 Å². The van der Waals surface area contributed by atoms with Gasteiger partial charge in [0.2, 0.25) is 5.56 Å². The summed E-state index contributed by atoms with van der Waals surface area (Å²) in [4.78, 5) is 11.4. The van der Waals surface area contributed by atoms with Crippen molar-refractivity contribution in [3.63, 3.8) is 0 Å². The van der Waals surface area contributed by atoms with Gasteiger partial charge in [0.05, 0.1) is 0 Å². The van der Waals surface area contributed by atoms with E-state index in [0.717, 1.165) is 24.8 Å². The van der Waals surface area contributed by atoms with Crippen molar-refractivity contribution in [2.24, 2.45) is 0 Å². The molecule has 1 unspecified atom stereocenters. The Morgan fingerprint density at radius 1 is 1.31 bits per heavy atom. The van der Waals surface area contributed by atoms with Gasteiger partial charge < -0.3 is 4.74 Å². The molecule has 1 atom stereocenters. The first-order valence-electron chi connectivity index (χ1n) is 5.62. The molecule has 0 amide bonds. The number of carbonyl (C=O) groups excluding carboxylic acids is 1. The van der Waals surface area contributed by atoms with Crippen LogP contribution in [0.5, 0.6) is 0 Å². The predicted octanol–water partition coefficient (Wildman–Crippen LogP) is 4.05. The lowest BCUT2D eigenvalue weighted by molar-refractivity contribution is -0.145. The van der Waals surface area contributed by atoms with Gasteiger partial charge >= 0.3 is 5.97 Å². The molecular formula is C13H17ClO2. The first-order valence-corrected chi connectivity index (χ1v) is 6.06. The second kappa shape index (κ2) is 7.29. The van der Waals surface area contributed by atoms with Crippen LogP contribution >= 0.6 is 11.6 Å². The summed E-state index contributed by atoms with van der Waals surface area (Å²) in [5.74, 6) is -0.225. The molecule has 1 aromatic carbocycles. The number of alkyl halides is 1. The molecule has 1 rings (SSSR count). The number of hydrogen-bond donors (Lipinski definition) is 0. The van der Waals surface area contributed by atoms with Crippen LogP contribution in [-0.2, 0) is 9.53 Å². The Morgan fingerprint density at radius 2 is 2.00 bits per heavy atom. The summed E-state index contributed by atoms with van der Waals surface area (Å²) in [7, 11) is 0. The van der Waals surface area contributed by atoms with E-state index >= 15 is 0 Å². The Labute approximate surface area is 102 Å². The third kappa shape index (κ3) is 4.67. The van der Waals surface area contributed by atoms with Gasteiger partial charge in [-0.1, -0.05) is 61.7 Å². The second-order valence-corrected chi connectivity index (χ2v) is 4.07. The maximum absolute atomic E-state index is 11.4. The molecule has 0 aliphatic rings. The van der Waals surface area contributed by atoms with Gasteiger partial charge in [-0.25, -0.2) is 0 Å². The van der Waals surface area contributed by atoms with Crippen molar-refractivity contribution in [2.45, 2.75) is 38.2 Å². The summed E-state index contributed by atoms with van der Waals surface area (Å²) in [5.41, 5.74) is 0.142. The van der Waals surface area contributed by atoms with Crippen LogP contribution in [0.25, 0.3) is 0 Å². The molecule has 0 bridgehead atoms. The Bertz CT molecular complexity index is 311. The highest BCUT2D eigenvalue weighted by atomic mass is 35.5.